The summed E-state index contributed by atoms with van der Waals surface area (Å²) in [6.45, 7) is 1.62. The minimum absolute atomic E-state index is 0.0689. The van der Waals surface area contributed by atoms with Crippen molar-refractivity contribution >= 4 is 9.84 Å². The molecule has 1 unspecified atom stereocenters. The van der Waals surface area contributed by atoms with Crippen LogP contribution in [0.15, 0.2) is 29.0 Å². The molecule has 1 aliphatic heterocycles. The molecule has 1 aromatic heterocycles. The Hall–Kier alpha value is -1.71. The van der Waals surface area contributed by atoms with Crippen molar-refractivity contribution in [1.29, 1.82) is 0 Å². The molecule has 1 fully saturated rings. The smallest absolute Gasteiger partial charge is 0.246 e. The molecule has 0 bridgehead atoms. The van der Waals surface area contributed by atoms with Crippen LogP contribution in [-0.4, -0.2) is 34.6 Å². The molecule has 1 aromatic rings. The fourth-order valence-electron chi connectivity index (χ4n) is 3.48. The van der Waals surface area contributed by atoms with Crippen LogP contribution in [0.1, 0.15) is 44.2 Å². The number of nitrogens with zero attached hydrogens (tertiary/aromatic N) is 3. The van der Waals surface area contributed by atoms with E-state index in [0.29, 0.717) is 0 Å². The van der Waals surface area contributed by atoms with Gasteiger partial charge < -0.3 is 0 Å². The van der Waals surface area contributed by atoms with Gasteiger partial charge in [0.05, 0.1) is 6.04 Å². The summed E-state index contributed by atoms with van der Waals surface area (Å²) in [6, 6.07) is -0.718. The summed E-state index contributed by atoms with van der Waals surface area (Å²) in [5, 5.41) is 2.11. The van der Waals surface area contributed by atoms with Crippen LogP contribution < -0.4 is 0 Å². The van der Waals surface area contributed by atoms with Crippen LogP contribution in [0.3, 0.4) is 0 Å². The zero-order valence-electron chi connectivity index (χ0n) is 13.2. The molecule has 0 aromatic carbocycles. The third-order valence-corrected chi connectivity index (χ3v) is 7.09. The van der Waals surface area contributed by atoms with Gasteiger partial charge in [-0.2, -0.15) is 4.98 Å². The monoisotopic (exact) mass is 377 g/mol. The maximum absolute atomic E-state index is 14.4. The van der Waals surface area contributed by atoms with Gasteiger partial charge >= 0.3 is 0 Å². The second-order valence-electron chi connectivity index (χ2n) is 7.01. The van der Waals surface area contributed by atoms with E-state index in [9.17, 15) is 26.0 Å². The molecule has 2 aliphatic carbocycles. The molecule has 3 aliphatic rings. The van der Waals surface area contributed by atoms with Gasteiger partial charge in [0.15, 0.2) is 23.6 Å². The summed E-state index contributed by atoms with van der Waals surface area (Å²) >= 11 is 0. The zero-order valence-corrected chi connectivity index (χ0v) is 14.0. The summed E-state index contributed by atoms with van der Waals surface area (Å²) < 4.78 is 80.1. The second kappa shape index (κ2) is 5.15. The maximum atomic E-state index is 14.4. The molecule has 10 heteroatoms. The topological polar surface area (TPSA) is 64.8 Å². The van der Waals surface area contributed by atoms with E-state index >= 15 is 0 Å². The van der Waals surface area contributed by atoms with Gasteiger partial charge in [-0.25, -0.2) is 30.7 Å². The fourth-order valence-corrected chi connectivity index (χ4v) is 5.00. The third-order valence-electron chi connectivity index (χ3n) is 5.12. The highest BCUT2D eigenvalue weighted by Gasteiger charge is 2.52. The average molecular weight is 377 g/mol. The summed E-state index contributed by atoms with van der Waals surface area (Å²) in [6.07, 6.45) is -0.964. The Morgan fingerprint density at radius 1 is 1.24 bits per heavy atom. The van der Waals surface area contributed by atoms with E-state index < -0.39 is 55.7 Å². The molecular formula is C15H15F4N3O2S. The van der Waals surface area contributed by atoms with Crippen molar-refractivity contribution in [2.75, 3.05) is 0 Å². The van der Waals surface area contributed by atoms with Crippen LogP contribution >= 0.6 is 0 Å². The lowest BCUT2D eigenvalue weighted by Crippen LogP contribution is -2.28. The van der Waals surface area contributed by atoms with Gasteiger partial charge in [0.2, 0.25) is 9.84 Å². The van der Waals surface area contributed by atoms with Crippen LogP contribution in [0.25, 0.3) is 0 Å². The number of sulfone groups is 1. The molecule has 0 saturated heterocycles. The summed E-state index contributed by atoms with van der Waals surface area (Å²) in [7, 11) is -4.06. The number of halogens is 4. The molecule has 1 saturated carbocycles. The van der Waals surface area contributed by atoms with Crippen LogP contribution in [-0.2, 0) is 9.84 Å². The van der Waals surface area contributed by atoms with E-state index in [1.807, 2.05) is 0 Å². The van der Waals surface area contributed by atoms with Crippen molar-refractivity contribution in [2.45, 2.75) is 55.0 Å². The van der Waals surface area contributed by atoms with Crippen LogP contribution in [0, 0.1) is 5.41 Å². The molecule has 0 radical (unpaired) electrons. The van der Waals surface area contributed by atoms with Gasteiger partial charge in [0.25, 0.3) is 5.16 Å². The fraction of sp³-hybridized carbons (Fsp3) is 0.600. The first-order valence-corrected chi connectivity index (χ1v) is 9.41. The molecule has 5 nitrogen and oxygen atoms in total. The molecule has 0 amide bonds. The molecule has 0 N–H and O–H groups in total. The third kappa shape index (κ3) is 2.44. The van der Waals surface area contributed by atoms with E-state index in [2.05, 4.69) is 10.1 Å². The highest BCUT2D eigenvalue weighted by atomic mass is 32.2. The van der Waals surface area contributed by atoms with Crippen LogP contribution in [0.5, 0.6) is 0 Å². The number of hydrogen-bond donors (Lipinski definition) is 0. The number of allylic oxidation sites excluding steroid dienone is 4. The zero-order chi connectivity index (χ0) is 18.1. The first kappa shape index (κ1) is 16.7. The molecular weight excluding hydrogens is 362 g/mol. The lowest BCUT2D eigenvalue weighted by atomic mass is 9.75. The first-order valence-electron chi connectivity index (χ1n) is 7.86. The second-order valence-corrected chi connectivity index (χ2v) is 9.07. The quantitative estimate of drug-likeness (QED) is 0.759. The normalized spacial score (nSPS) is 37.5. The Balaban J connectivity index is 1.72. The molecule has 0 spiro atoms. The summed E-state index contributed by atoms with van der Waals surface area (Å²) in [5.41, 5.74) is -0.980. The van der Waals surface area contributed by atoms with Crippen molar-refractivity contribution in [1.82, 2.24) is 14.8 Å². The Morgan fingerprint density at radius 2 is 1.92 bits per heavy atom. The van der Waals surface area contributed by atoms with E-state index in [-0.39, 0.29) is 25.1 Å². The van der Waals surface area contributed by atoms with Gasteiger partial charge in [0.1, 0.15) is 11.4 Å². The van der Waals surface area contributed by atoms with Crippen LogP contribution in [0.2, 0.25) is 0 Å². The lowest BCUT2D eigenvalue weighted by Gasteiger charge is -2.33. The van der Waals surface area contributed by atoms with E-state index in [1.54, 1.807) is 6.92 Å². The summed E-state index contributed by atoms with van der Waals surface area (Å²) in [4.78, 5) is 3.77. The van der Waals surface area contributed by atoms with Gasteiger partial charge in [-0.15, -0.1) is 5.10 Å². The van der Waals surface area contributed by atoms with Crippen molar-refractivity contribution in [3.63, 3.8) is 0 Å². The minimum atomic E-state index is -4.06. The number of rotatable bonds is 3. The SMILES string of the molecule is CC1([C@@H]2C[C@H](F)c3nc(S(=O)(=O)[C@H]4C[C@@H]4F)nn32)C=C(F)C(F)=CC1. The first-order chi connectivity index (χ1) is 11.6. The van der Waals surface area contributed by atoms with Gasteiger partial charge in [-0.05, 0) is 25.0 Å². The van der Waals surface area contributed by atoms with Crippen molar-refractivity contribution in [3.8, 4) is 0 Å². The highest BCUT2D eigenvalue weighted by molar-refractivity contribution is 7.92. The van der Waals surface area contributed by atoms with Crippen LogP contribution in [0.4, 0.5) is 17.6 Å². The molecule has 25 heavy (non-hydrogen) atoms. The highest BCUT2D eigenvalue weighted by Crippen LogP contribution is 2.51. The van der Waals surface area contributed by atoms with Crippen molar-refractivity contribution in [3.05, 3.63) is 29.6 Å². The average Bonchev–Trinajstić information content (AvgIpc) is 3.00. The minimum Gasteiger partial charge on any atom is -0.246 e. The Bertz CT molecular complexity index is 910. The van der Waals surface area contributed by atoms with Gasteiger partial charge in [-0.3, -0.25) is 0 Å². The van der Waals surface area contributed by atoms with Gasteiger partial charge in [0, 0.05) is 11.8 Å². The van der Waals surface area contributed by atoms with E-state index in [1.165, 1.54) is 0 Å². The number of fused-ring (bicyclic) bond motifs is 1. The lowest BCUT2D eigenvalue weighted by molar-refractivity contribution is 0.210. The number of aromatic nitrogens is 3. The van der Waals surface area contributed by atoms with Gasteiger partial charge in [-0.1, -0.05) is 6.92 Å². The Labute approximate surface area is 141 Å². The molecule has 4 rings (SSSR count). The van der Waals surface area contributed by atoms with E-state index in [0.717, 1.165) is 16.8 Å². The summed E-state index contributed by atoms with van der Waals surface area (Å²) in [5.74, 6) is -2.19. The van der Waals surface area contributed by atoms with E-state index in [4.69, 9.17) is 0 Å². The van der Waals surface area contributed by atoms with Crippen molar-refractivity contribution in [2.24, 2.45) is 5.41 Å². The molecule has 5 atom stereocenters. The number of alkyl halides is 2. The Kier molecular flexibility index (Phi) is 3.45. The Morgan fingerprint density at radius 3 is 2.52 bits per heavy atom. The standard InChI is InChI=1S/C15H15F4N3O2S/c1-15(3-2-7(16)10(19)6-15)12-5-9(18)13-20-14(21-22(12)13)25(23,24)11-4-8(11)17/h2,6,8-9,11-12H,3-5H2,1H3/t8-,9-,11-,12-,15?/m0/s1. The molecule has 2 heterocycles. The maximum Gasteiger partial charge on any atom is 0.267 e. The largest absolute Gasteiger partial charge is 0.267 e. The van der Waals surface area contributed by atoms with Crippen molar-refractivity contribution < 1.29 is 26.0 Å². The predicted molar refractivity (Wildman–Crippen MR) is 79.1 cm³/mol. The number of hydrogen-bond acceptors (Lipinski definition) is 4. The molecule has 136 valence electrons. The predicted octanol–water partition coefficient (Wildman–Crippen LogP) is 3.23.